The van der Waals surface area contributed by atoms with Crippen molar-refractivity contribution in [3.63, 3.8) is 0 Å². The van der Waals surface area contributed by atoms with E-state index in [9.17, 15) is 4.79 Å². The van der Waals surface area contributed by atoms with Crippen LogP contribution in [-0.4, -0.2) is 43.8 Å². The standard InChI is InChI=1S/C20H24N2O4/c1-15(22(2)11-6-12-24-17-7-4-3-5-8-17)20(23)21-16-9-10-18-19(13-16)26-14-25-18/h3-5,7-10,13,15H,6,11-12,14H2,1-2H3,(H,21,23). The third-order valence-corrected chi connectivity index (χ3v) is 4.35. The molecule has 0 bridgehead atoms. The molecular weight excluding hydrogens is 332 g/mol. The zero-order valence-corrected chi connectivity index (χ0v) is 15.1. The number of anilines is 1. The van der Waals surface area contributed by atoms with Gasteiger partial charge in [-0.2, -0.15) is 0 Å². The van der Waals surface area contributed by atoms with Crippen LogP contribution in [-0.2, 0) is 4.79 Å². The predicted molar refractivity (Wildman–Crippen MR) is 99.8 cm³/mol. The summed E-state index contributed by atoms with van der Waals surface area (Å²) in [6.45, 7) is 3.49. The molecule has 0 saturated carbocycles. The maximum atomic E-state index is 12.5. The molecule has 0 radical (unpaired) electrons. The first-order valence-electron chi connectivity index (χ1n) is 8.72. The highest BCUT2D eigenvalue weighted by molar-refractivity contribution is 5.94. The van der Waals surface area contributed by atoms with E-state index in [1.54, 1.807) is 12.1 Å². The molecular formula is C20H24N2O4. The molecule has 0 fully saturated rings. The summed E-state index contributed by atoms with van der Waals surface area (Å²) in [6, 6.07) is 14.9. The van der Waals surface area contributed by atoms with Crippen molar-refractivity contribution < 1.29 is 19.0 Å². The van der Waals surface area contributed by atoms with Gasteiger partial charge in [-0.15, -0.1) is 0 Å². The van der Waals surface area contributed by atoms with Crippen LogP contribution in [0, 0.1) is 0 Å². The lowest BCUT2D eigenvalue weighted by atomic mass is 10.2. The highest BCUT2D eigenvalue weighted by Crippen LogP contribution is 2.34. The van der Waals surface area contributed by atoms with E-state index in [-0.39, 0.29) is 18.7 Å². The van der Waals surface area contributed by atoms with E-state index in [1.165, 1.54) is 0 Å². The minimum atomic E-state index is -0.253. The third kappa shape index (κ3) is 4.67. The number of carbonyl (C=O) groups is 1. The highest BCUT2D eigenvalue weighted by atomic mass is 16.7. The Morgan fingerprint density at radius 1 is 1.19 bits per heavy atom. The zero-order chi connectivity index (χ0) is 18.4. The maximum Gasteiger partial charge on any atom is 0.241 e. The molecule has 0 spiro atoms. The molecule has 6 heteroatoms. The smallest absolute Gasteiger partial charge is 0.241 e. The number of para-hydroxylation sites is 1. The van der Waals surface area contributed by atoms with E-state index >= 15 is 0 Å². The molecule has 138 valence electrons. The molecule has 1 heterocycles. The number of rotatable bonds is 8. The molecule has 1 amide bonds. The molecule has 0 aliphatic carbocycles. The van der Waals surface area contributed by atoms with Gasteiger partial charge in [-0.25, -0.2) is 0 Å². The van der Waals surface area contributed by atoms with Crippen LogP contribution in [0.2, 0.25) is 0 Å². The molecule has 1 aliphatic heterocycles. The summed E-state index contributed by atoms with van der Waals surface area (Å²) in [5.41, 5.74) is 0.701. The Bertz CT molecular complexity index is 736. The van der Waals surface area contributed by atoms with Gasteiger partial charge in [0.05, 0.1) is 12.6 Å². The van der Waals surface area contributed by atoms with Crippen molar-refractivity contribution in [2.75, 3.05) is 32.3 Å². The molecule has 1 unspecified atom stereocenters. The number of carbonyl (C=O) groups excluding carboxylic acids is 1. The summed E-state index contributed by atoms with van der Waals surface area (Å²) in [6.07, 6.45) is 0.840. The molecule has 0 saturated heterocycles. The average molecular weight is 356 g/mol. The second-order valence-corrected chi connectivity index (χ2v) is 6.23. The Kier molecular flexibility index (Phi) is 5.96. The number of nitrogens with one attached hydrogen (secondary N) is 1. The molecule has 2 aromatic rings. The molecule has 0 aromatic heterocycles. The van der Waals surface area contributed by atoms with Gasteiger partial charge in [0, 0.05) is 18.3 Å². The molecule has 6 nitrogen and oxygen atoms in total. The lowest BCUT2D eigenvalue weighted by Crippen LogP contribution is -2.40. The maximum absolute atomic E-state index is 12.5. The summed E-state index contributed by atoms with van der Waals surface area (Å²) in [5.74, 6) is 2.16. The first-order chi connectivity index (χ1) is 12.6. The van der Waals surface area contributed by atoms with Crippen LogP contribution in [0.5, 0.6) is 17.2 Å². The van der Waals surface area contributed by atoms with E-state index in [2.05, 4.69) is 5.32 Å². The van der Waals surface area contributed by atoms with Crippen LogP contribution in [0.4, 0.5) is 5.69 Å². The lowest BCUT2D eigenvalue weighted by Gasteiger charge is -2.23. The minimum absolute atomic E-state index is 0.0599. The lowest BCUT2D eigenvalue weighted by molar-refractivity contribution is -0.120. The van der Waals surface area contributed by atoms with Gasteiger partial charge in [-0.1, -0.05) is 18.2 Å². The topological polar surface area (TPSA) is 60.0 Å². The van der Waals surface area contributed by atoms with Crippen LogP contribution >= 0.6 is 0 Å². The Labute approximate surface area is 153 Å². The van der Waals surface area contributed by atoms with Crippen LogP contribution in [0.3, 0.4) is 0 Å². The van der Waals surface area contributed by atoms with Gasteiger partial charge in [-0.05, 0) is 44.7 Å². The van der Waals surface area contributed by atoms with E-state index < -0.39 is 0 Å². The molecule has 1 atom stereocenters. The Morgan fingerprint density at radius 3 is 2.77 bits per heavy atom. The van der Waals surface area contributed by atoms with Crippen molar-refractivity contribution in [3.8, 4) is 17.2 Å². The van der Waals surface area contributed by atoms with Crippen LogP contribution in [0.1, 0.15) is 13.3 Å². The summed E-state index contributed by atoms with van der Waals surface area (Å²) in [7, 11) is 1.94. The second-order valence-electron chi connectivity index (χ2n) is 6.23. The molecule has 26 heavy (non-hydrogen) atoms. The van der Waals surface area contributed by atoms with Gasteiger partial charge in [-0.3, -0.25) is 9.69 Å². The van der Waals surface area contributed by atoms with E-state index in [0.717, 1.165) is 18.7 Å². The zero-order valence-electron chi connectivity index (χ0n) is 15.1. The monoisotopic (exact) mass is 356 g/mol. The fourth-order valence-electron chi connectivity index (χ4n) is 2.64. The van der Waals surface area contributed by atoms with E-state index in [1.807, 2.05) is 55.3 Å². The van der Waals surface area contributed by atoms with Gasteiger partial charge < -0.3 is 19.5 Å². The molecule has 2 aromatic carbocycles. The summed E-state index contributed by atoms with van der Waals surface area (Å²) in [5, 5.41) is 2.92. The quantitative estimate of drug-likeness (QED) is 0.737. The highest BCUT2D eigenvalue weighted by Gasteiger charge is 2.19. The first kappa shape index (κ1) is 18.1. The van der Waals surface area contributed by atoms with Crippen molar-refractivity contribution in [1.29, 1.82) is 0 Å². The number of fused-ring (bicyclic) bond motifs is 1. The number of ether oxygens (including phenoxy) is 3. The number of hydrogen-bond donors (Lipinski definition) is 1. The van der Waals surface area contributed by atoms with E-state index in [0.29, 0.717) is 23.8 Å². The second kappa shape index (κ2) is 8.58. The predicted octanol–water partition coefficient (Wildman–Crippen LogP) is 3.14. The first-order valence-corrected chi connectivity index (χ1v) is 8.72. The Balaban J connectivity index is 1.42. The molecule has 3 rings (SSSR count). The van der Waals surface area contributed by atoms with Crippen molar-refractivity contribution in [1.82, 2.24) is 4.90 Å². The van der Waals surface area contributed by atoms with Crippen LogP contribution < -0.4 is 19.5 Å². The van der Waals surface area contributed by atoms with Crippen LogP contribution in [0.15, 0.2) is 48.5 Å². The molecule has 1 N–H and O–H groups in total. The normalized spacial score (nSPS) is 13.5. The summed E-state index contributed by atoms with van der Waals surface area (Å²) < 4.78 is 16.3. The van der Waals surface area contributed by atoms with Crippen molar-refractivity contribution in [3.05, 3.63) is 48.5 Å². The fourth-order valence-corrected chi connectivity index (χ4v) is 2.64. The third-order valence-electron chi connectivity index (χ3n) is 4.35. The SMILES string of the molecule is CC(C(=O)Nc1ccc2c(c1)OCO2)N(C)CCCOc1ccccc1. The van der Waals surface area contributed by atoms with E-state index in [4.69, 9.17) is 14.2 Å². The summed E-state index contributed by atoms with van der Waals surface area (Å²) >= 11 is 0. The average Bonchev–Trinajstić information content (AvgIpc) is 3.13. The van der Waals surface area contributed by atoms with Gasteiger partial charge >= 0.3 is 0 Å². The van der Waals surface area contributed by atoms with Crippen molar-refractivity contribution in [2.45, 2.75) is 19.4 Å². The van der Waals surface area contributed by atoms with Gasteiger partial charge in [0.15, 0.2) is 11.5 Å². The minimum Gasteiger partial charge on any atom is -0.494 e. The van der Waals surface area contributed by atoms with Gasteiger partial charge in [0.1, 0.15) is 5.75 Å². The number of hydrogen-bond acceptors (Lipinski definition) is 5. The fraction of sp³-hybridized carbons (Fsp3) is 0.350. The van der Waals surface area contributed by atoms with Crippen molar-refractivity contribution >= 4 is 11.6 Å². The largest absolute Gasteiger partial charge is 0.494 e. The van der Waals surface area contributed by atoms with Gasteiger partial charge in [0.2, 0.25) is 12.7 Å². The number of likely N-dealkylation sites (N-methyl/N-ethyl adjacent to an activating group) is 1. The van der Waals surface area contributed by atoms with Crippen molar-refractivity contribution in [2.24, 2.45) is 0 Å². The van der Waals surface area contributed by atoms with Gasteiger partial charge in [0.25, 0.3) is 0 Å². The Morgan fingerprint density at radius 2 is 1.96 bits per heavy atom. The number of benzene rings is 2. The number of amides is 1. The Hall–Kier alpha value is -2.73. The molecule has 1 aliphatic rings. The summed E-state index contributed by atoms with van der Waals surface area (Å²) in [4.78, 5) is 14.5. The number of nitrogens with zero attached hydrogens (tertiary/aromatic N) is 1. The van der Waals surface area contributed by atoms with Crippen LogP contribution in [0.25, 0.3) is 0 Å².